The summed E-state index contributed by atoms with van der Waals surface area (Å²) in [5.74, 6) is 1.40. The van der Waals surface area contributed by atoms with E-state index in [1.54, 1.807) is 0 Å². The monoisotopic (exact) mass is 295 g/mol. The minimum absolute atomic E-state index is 0.330. The van der Waals surface area contributed by atoms with Gasteiger partial charge in [0.05, 0.1) is 6.54 Å². The van der Waals surface area contributed by atoms with Gasteiger partial charge in [-0.25, -0.2) is 0 Å². The first-order valence-corrected chi connectivity index (χ1v) is 8.40. The zero-order valence-electron chi connectivity index (χ0n) is 13.7. The predicted molar refractivity (Wildman–Crippen MR) is 81.9 cm³/mol. The summed E-state index contributed by atoms with van der Waals surface area (Å²) < 4.78 is 11.5. The Hall–Kier alpha value is -0.940. The van der Waals surface area contributed by atoms with Crippen LogP contribution in [0.15, 0.2) is 4.52 Å². The average molecular weight is 295 g/mol. The van der Waals surface area contributed by atoms with Gasteiger partial charge in [-0.3, -0.25) is 0 Å². The Balaban J connectivity index is 2.08. The van der Waals surface area contributed by atoms with E-state index in [9.17, 15) is 0 Å². The lowest BCUT2D eigenvalue weighted by Gasteiger charge is -2.29. The van der Waals surface area contributed by atoms with E-state index in [0.29, 0.717) is 25.1 Å². The van der Waals surface area contributed by atoms with Crippen LogP contribution >= 0.6 is 0 Å². The van der Waals surface area contributed by atoms with E-state index in [1.807, 2.05) is 6.92 Å². The highest BCUT2D eigenvalue weighted by molar-refractivity contribution is 5.03. The largest absolute Gasteiger partial charge is 0.367 e. The molecule has 1 saturated carbocycles. The second-order valence-electron chi connectivity index (χ2n) is 6.04. The summed E-state index contributed by atoms with van der Waals surface area (Å²) in [4.78, 5) is 4.61. The standard InChI is InChI=1S/C16H29N3O2/c1-4-13(3)17-12-14-18-15(19-21-14)16(20-5-2)10-8-6-7-9-11-16/h13,17H,4-12H2,1-3H3. The molecule has 5 heteroatoms. The third kappa shape index (κ3) is 4.27. The van der Waals surface area contributed by atoms with E-state index in [4.69, 9.17) is 9.26 Å². The first-order valence-electron chi connectivity index (χ1n) is 8.40. The molecule has 1 heterocycles. The van der Waals surface area contributed by atoms with Crippen LogP contribution in [0.4, 0.5) is 0 Å². The van der Waals surface area contributed by atoms with Gasteiger partial charge in [0.25, 0.3) is 0 Å². The molecule has 0 amide bonds. The highest BCUT2D eigenvalue weighted by atomic mass is 16.5. The highest BCUT2D eigenvalue weighted by Gasteiger charge is 2.38. The van der Waals surface area contributed by atoms with Gasteiger partial charge in [-0.15, -0.1) is 0 Å². The summed E-state index contributed by atoms with van der Waals surface area (Å²) >= 11 is 0. The molecule has 0 saturated heterocycles. The van der Waals surface area contributed by atoms with E-state index in [-0.39, 0.29) is 5.60 Å². The van der Waals surface area contributed by atoms with E-state index < -0.39 is 0 Å². The van der Waals surface area contributed by atoms with Crippen LogP contribution in [-0.4, -0.2) is 22.8 Å². The lowest BCUT2D eigenvalue weighted by molar-refractivity contribution is -0.0636. The zero-order valence-corrected chi connectivity index (χ0v) is 13.7. The van der Waals surface area contributed by atoms with Crippen molar-refractivity contribution in [1.82, 2.24) is 15.5 Å². The third-order valence-electron chi connectivity index (χ3n) is 4.42. The molecule has 2 rings (SSSR count). The van der Waals surface area contributed by atoms with Crippen molar-refractivity contribution in [1.29, 1.82) is 0 Å². The first-order chi connectivity index (χ1) is 10.2. The Morgan fingerprint density at radius 2 is 1.95 bits per heavy atom. The Labute approximate surface area is 127 Å². The SMILES string of the molecule is CCOC1(c2noc(CNC(C)CC)n2)CCCCCC1. The lowest BCUT2D eigenvalue weighted by Crippen LogP contribution is -2.31. The van der Waals surface area contributed by atoms with Gasteiger partial charge in [0.2, 0.25) is 11.7 Å². The van der Waals surface area contributed by atoms with Gasteiger partial charge < -0.3 is 14.6 Å². The molecule has 1 N–H and O–H groups in total. The summed E-state index contributed by atoms with van der Waals surface area (Å²) in [6.07, 6.45) is 7.98. The van der Waals surface area contributed by atoms with Gasteiger partial charge in [-0.2, -0.15) is 4.98 Å². The second kappa shape index (κ2) is 7.90. The number of hydrogen-bond acceptors (Lipinski definition) is 5. The maximum absolute atomic E-state index is 6.09. The van der Waals surface area contributed by atoms with Crippen LogP contribution in [0.5, 0.6) is 0 Å². The quantitative estimate of drug-likeness (QED) is 0.780. The van der Waals surface area contributed by atoms with E-state index in [0.717, 1.165) is 25.1 Å². The molecule has 1 aliphatic rings. The van der Waals surface area contributed by atoms with E-state index in [2.05, 4.69) is 29.3 Å². The van der Waals surface area contributed by atoms with Crippen molar-refractivity contribution < 1.29 is 9.26 Å². The molecular weight excluding hydrogens is 266 g/mol. The minimum atomic E-state index is -0.330. The molecule has 0 spiro atoms. The average Bonchev–Trinajstić information content (AvgIpc) is 2.85. The molecule has 1 aromatic rings. The van der Waals surface area contributed by atoms with Gasteiger partial charge in [0.15, 0.2) is 0 Å². The molecule has 120 valence electrons. The number of rotatable bonds is 7. The molecule has 0 aromatic carbocycles. The van der Waals surface area contributed by atoms with Gasteiger partial charge in [0.1, 0.15) is 5.60 Å². The van der Waals surface area contributed by atoms with Crippen molar-refractivity contribution in [3.8, 4) is 0 Å². The van der Waals surface area contributed by atoms with Crippen molar-refractivity contribution in [3.05, 3.63) is 11.7 Å². The van der Waals surface area contributed by atoms with Crippen molar-refractivity contribution in [2.24, 2.45) is 0 Å². The molecular formula is C16H29N3O2. The smallest absolute Gasteiger partial charge is 0.240 e. The number of ether oxygens (including phenoxy) is 1. The van der Waals surface area contributed by atoms with Crippen LogP contribution in [0.1, 0.15) is 77.4 Å². The van der Waals surface area contributed by atoms with Crippen LogP contribution in [-0.2, 0) is 16.9 Å². The normalized spacial score (nSPS) is 20.1. The van der Waals surface area contributed by atoms with E-state index in [1.165, 1.54) is 25.7 Å². The minimum Gasteiger partial charge on any atom is -0.367 e. The zero-order chi connectivity index (χ0) is 15.1. The highest BCUT2D eigenvalue weighted by Crippen LogP contribution is 2.37. The Morgan fingerprint density at radius 3 is 2.57 bits per heavy atom. The predicted octanol–water partition coefficient (Wildman–Crippen LogP) is 3.54. The molecule has 21 heavy (non-hydrogen) atoms. The van der Waals surface area contributed by atoms with Crippen molar-refractivity contribution in [3.63, 3.8) is 0 Å². The molecule has 1 fully saturated rings. The number of aromatic nitrogens is 2. The molecule has 5 nitrogen and oxygen atoms in total. The maximum Gasteiger partial charge on any atom is 0.240 e. The van der Waals surface area contributed by atoms with Crippen molar-refractivity contribution in [2.45, 2.75) is 83.9 Å². The van der Waals surface area contributed by atoms with Gasteiger partial charge in [-0.05, 0) is 33.1 Å². The lowest BCUT2D eigenvalue weighted by atomic mass is 9.93. The summed E-state index contributed by atoms with van der Waals surface area (Å²) in [7, 11) is 0. The number of nitrogens with one attached hydrogen (secondary N) is 1. The fourth-order valence-electron chi connectivity index (χ4n) is 2.93. The number of hydrogen-bond donors (Lipinski definition) is 1. The molecule has 1 aliphatic carbocycles. The van der Waals surface area contributed by atoms with Crippen molar-refractivity contribution >= 4 is 0 Å². The summed E-state index contributed by atoms with van der Waals surface area (Å²) in [6.45, 7) is 7.67. The van der Waals surface area contributed by atoms with Gasteiger partial charge in [-0.1, -0.05) is 37.8 Å². The van der Waals surface area contributed by atoms with Crippen LogP contribution < -0.4 is 5.32 Å². The topological polar surface area (TPSA) is 60.2 Å². The third-order valence-corrected chi connectivity index (χ3v) is 4.42. The molecule has 0 radical (unpaired) electrons. The molecule has 1 aromatic heterocycles. The second-order valence-corrected chi connectivity index (χ2v) is 6.04. The fourth-order valence-corrected chi connectivity index (χ4v) is 2.93. The van der Waals surface area contributed by atoms with Crippen LogP contribution in [0, 0.1) is 0 Å². The summed E-state index contributed by atoms with van der Waals surface area (Å²) in [6, 6.07) is 0.457. The summed E-state index contributed by atoms with van der Waals surface area (Å²) in [5, 5.41) is 7.61. The van der Waals surface area contributed by atoms with Crippen molar-refractivity contribution in [2.75, 3.05) is 6.61 Å². The van der Waals surface area contributed by atoms with Gasteiger partial charge >= 0.3 is 0 Å². The molecule has 0 aliphatic heterocycles. The fraction of sp³-hybridized carbons (Fsp3) is 0.875. The van der Waals surface area contributed by atoms with Gasteiger partial charge in [0, 0.05) is 12.6 Å². The molecule has 1 unspecified atom stereocenters. The summed E-state index contributed by atoms with van der Waals surface area (Å²) in [5.41, 5.74) is -0.330. The van der Waals surface area contributed by atoms with E-state index >= 15 is 0 Å². The number of nitrogens with zero attached hydrogens (tertiary/aromatic N) is 2. The van der Waals surface area contributed by atoms with Crippen LogP contribution in [0.3, 0.4) is 0 Å². The Bertz CT molecular complexity index is 411. The Morgan fingerprint density at radius 1 is 1.24 bits per heavy atom. The molecule has 0 bridgehead atoms. The maximum atomic E-state index is 6.09. The first kappa shape index (κ1) is 16.4. The molecule has 1 atom stereocenters. The van der Waals surface area contributed by atoms with Crippen LogP contribution in [0.25, 0.3) is 0 Å². The Kier molecular flexibility index (Phi) is 6.18. The van der Waals surface area contributed by atoms with Crippen LogP contribution in [0.2, 0.25) is 0 Å².